The second-order valence-corrected chi connectivity index (χ2v) is 25.1. The summed E-state index contributed by atoms with van der Waals surface area (Å²) in [6, 6.07) is 4.51. The number of thioether (sulfide) groups is 1. The van der Waals surface area contributed by atoms with Gasteiger partial charge in [0.05, 0.1) is 12.6 Å². The number of unbranched alkanes of at least 4 members (excludes halogenated alkanes) is 1. The number of guanidine groups is 1. The van der Waals surface area contributed by atoms with Gasteiger partial charge in [0.2, 0.25) is 76.8 Å². The molecule has 0 aromatic heterocycles. The minimum absolute atomic E-state index is 0.0736. The van der Waals surface area contributed by atoms with Gasteiger partial charge >= 0.3 is 0 Å². The van der Waals surface area contributed by atoms with Crippen LogP contribution >= 0.6 is 11.8 Å². The number of nitrogens with one attached hydrogen (secondary N) is 8. The van der Waals surface area contributed by atoms with Crippen LogP contribution in [0.3, 0.4) is 0 Å². The molecule has 32 heteroatoms. The Labute approximate surface area is 558 Å². The number of hydrogen-bond donors (Lipinski definition) is 15. The van der Waals surface area contributed by atoms with Gasteiger partial charge in [0.1, 0.15) is 54.4 Å². The lowest BCUT2D eigenvalue weighted by atomic mass is 10.0. The van der Waals surface area contributed by atoms with E-state index in [-0.39, 0.29) is 83.0 Å². The highest BCUT2D eigenvalue weighted by Gasteiger charge is 2.42. The standard InChI is InChI=1S/C63H98N18O13S/c1-37(2)33-45(57(89)74-41(53(68)85)27-32-95-3)73-52(84)36-72-54(86)46(34-38-15-6-4-7-16-38)78-58(90)47(35-39-17-8-5-9-18-39)79-56(88)42(23-25-50(66)82)75-55(87)43(24-26-51(67)83)76-59(91)49-22-14-31-81(49)62(94)44(20-10-11-28-64)77-60(92)48-21-13-30-80(48)61(93)40(65)19-12-29-71-63(69)70/h4-9,15-18,37,40-49H,10-14,19-36,64-65H2,1-3H3,(H2,66,82)(H2,67,83)(H2,68,85)(H,72,86)(H,73,84)(H,74,89)(H,75,87)(H,76,91)(H,77,92)(H,78,90)(H,79,88)(H4,69,70,71)/t40-,41+,42-,43+,44+,45-,46-,47+,48+,49+/m1/s1. The predicted molar refractivity (Wildman–Crippen MR) is 356 cm³/mol. The fraction of sp³-hybridized carbons (Fsp3) is 0.587. The first kappa shape index (κ1) is 78.5. The van der Waals surface area contributed by atoms with E-state index in [1.54, 1.807) is 60.7 Å². The number of hydrogen-bond acceptors (Lipinski definition) is 17. The minimum atomic E-state index is -1.64. The van der Waals surface area contributed by atoms with E-state index >= 15 is 0 Å². The quantitative estimate of drug-likeness (QED) is 0.0173. The van der Waals surface area contributed by atoms with Crippen LogP contribution in [0.2, 0.25) is 0 Å². The van der Waals surface area contributed by atoms with Crippen molar-refractivity contribution in [1.82, 2.24) is 52.3 Å². The van der Waals surface area contributed by atoms with Gasteiger partial charge in [-0.2, -0.15) is 11.8 Å². The molecule has 0 aliphatic carbocycles. The van der Waals surface area contributed by atoms with Gasteiger partial charge in [-0.25, -0.2) is 0 Å². The largest absolute Gasteiger partial charge is 0.370 e. The summed E-state index contributed by atoms with van der Waals surface area (Å²) in [4.78, 5) is 185. The summed E-state index contributed by atoms with van der Waals surface area (Å²) in [6.45, 7) is 3.86. The molecule has 10 atom stereocenters. The summed E-state index contributed by atoms with van der Waals surface area (Å²) in [7, 11) is 0. The van der Waals surface area contributed by atoms with E-state index in [1.165, 1.54) is 21.6 Å². The van der Waals surface area contributed by atoms with Crippen LogP contribution in [-0.4, -0.2) is 198 Å². The zero-order chi connectivity index (χ0) is 70.1. The van der Waals surface area contributed by atoms with E-state index < -0.39 is 169 Å². The SMILES string of the molecule is CSCC[C@H](NC(=O)[C@@H](CC(C)C)NC(=O)CNC(=O)[C@@H](Cc1ccccc1)NC(=O)[C@H](Cc1ccccc1)NC(=O)[C@@H](CCC(N)=O)NC(=O)[C@H](CCC(N)=O)NC(=O)[C@@H]1CCCN1C(=O)[C@H](CCCCN)NC(=O)[C@@H]1CCCN1C(=O)[C@H](N)CCCN=C(N)N)C(N)=O. The number of nitrogens with two attached hydrogens (primary N) is 7. The number of rotatable bonds is 42. The molecule has 0 radical (unpaired) electrons. The van der Waals surface area contributed by atoms with E-state index in [1.807, 2.05) is 20.1 Å². The molecular weight excluding hydrogens is 1250 g/mol. The summed E-state index contributed by atoms with van der Waals surface area (Å²) in [6.07, 6.45) is 3.12. The summed E-state index contributed by atoms with van der Waals surface area (Å²) >= 11 is 1.45. The van der Waals surface area contributed by atoms with Crippen LogP contribution in [0.4, 0.5) is 0 Å². The van der Waals surface area contributed by atoms with Gasteiger partial charge in [-0.05, 0) is 119 Å². The molecule has 95 heavy (non-hydrogen) atoms. The third kappa shape index (κ3) is 27.5. The van der Waals surface area contributed by atoms with Gasteiger partial charge in [0.25, 0.3) is 0 Å². The Balaban J connectivity index is 1.56. The second kappa shape index (κ2) is 41.0. The van der Waals surface area contributed by atoms with Gasteiger partial charge < -0.3 is 92.5 Å². The second-order valence-electron chi connectivity index (χ2n) is 24.1. The van der Waals surface area contributed by atoms with Gasteiger partial charge in [0, 0.05) is 45.3 Å². The van der Waals surface area contributed by atoms with Crippen molar-refractivity contribution in [2.24, 2.45) is 51.0 Å². The number of likely N-dealkylation sites (tertiary alicyclic amines) is 2. The van der Waals surface area contributed by atoms with Gasteiger partial charge in [-0.1, -0.05) is 74.5 Å². The van der Waals surface area contributed by atoms with E-state index in [0.717, 1.165) is 0 Å². The Bertz CT molecular complexity index is 2960. The molecule has 2 saturated heterocycles. The highest BCUT2D eigenvalue weighted by Crippen LogP contribution is 2.24. The Morgan fingerprint density at radius 1 is 0.537 bits per heavy atom. The molecule has 2 aromatic carbocycles. The van der Waals surface area contributed by atoms with Gasteiger partial charge in [0.15, 0.2) is 5.96 Å². The van der Waals surface area contributed by atoms with Crippen molar-refractivity contribution in [3.63, 3.8) is 0 Å². The van der Waals surface area contributed by atoms with Crippen LogP contribution in [0.15, 0.2) is 65.7 Å². The van der Waals surface area contributed by atoms with Crippen molar-refractivity contribution in [2.45, 2.75) is 183 Å². The molecule has 4 rings (SSSR count). The molecule has 22 N–H and O–H groups in total. The lowest BCUT2D eigenvalue weighted by molar-refractivity contribution is -0.144. The molecule has 31 nitrogen and oxygen atoms in total. The fourth-order valence-corrected chi connectivity index (χ4v) is 11.5. The smallest absolute Gasteiger partial charge is 0.245 e. The monoisotopic (exact) mass is 1350 g/mol. The maximum Gasteiger partial charge on any atom is 0.245 e. The number of carbonyl (C=O) groups is 13. The summed E-state index contributed by atoms with van der Waals surface area (Å²) in [5, 5.41) is 21.1. The fourth-order valence-electron chi connectivity index (χ4n) is 11.0. The zero-order valence-corrected chi connectivity index (χ0v) is 55.3. The van der Waals surface area contributed by atoms with Crippen molar-refractivity contribution in [2.75, 3.05) is 44.7 Å². The maximum atomic E-state index is 14.7. The first-order chi connectivity index (χ1) is 45.2. The molecule has 2 heterocycles. The molecule has 2 fully saturated rings. The number of amides is 13. The first-order valence-corrected chi connectivity index (χ1v) is 33.6. The van der Waals surface area contributed by atoms with E-state index in [0.29, 0.717) is 55.4 Å². The number of nitrogens with zero attached hydrogens (tertiary/aromatic N) is 3. The number of carbonyl (C=O) groups excluding carboxylic acids is 13. The van der Waals surface area contributed by atoms with Crippen molar-refractivity contribution in [1.29, 1.82) is 0 Å². The van der Waals surface area contributed by atoms with Crippen LogP contribution in [-0.2, 0) is 75.2 Å². The van der Waals surface area contributed by atoms with Crippen molar-refractivity contribution in [3.8, 4) is 0 Å². The molecule has 0 bridgehead atoms. The molecule has 0 saturated carbocycles. The third-order valence-corrected chi connectivity index (χ3v) is 16.7. The van der Waals surface area contributed by atoms with Crippen molar-refractivity contribution >= 4 is 94.5 Å². The molecule has 0 unspecified atom stereocenters. The average molecular weight is 1350 g/mol. The summed E-state index contributed by atoms with van der Waals surface area (Å²) in [5.74, 6) is -9.80. The average Bonchev–Trinajstić information content (AvgIpc) is 1.74. The van der Waals surface area contributed by atoms with Gasteiger partial charge in [-0.3, -0.25) is 67.3 Å². The first-order valence-electron chi connectivity index (χ1n) is 32.2. The molecule has 524 valence electrons. The van der Waals surface area contributed by atoms with Crippen LogP contribution in [0.5, 0.6) is 0 Å². The highest BCUT2D eigenvalue weighted by atomic mass is 32.2. The highest BCUT2D eigenvalue weighted by molar-refractivity contribution is 7.98. The van der Waals surface area contributed by atoms with E-state index in [4.69, 9.17) is 40.1 Å². The Morgan fingerprint density at radius 2 is 1.01 bits per heavy atom. The van der Waals surface area contributed by atoms with E-state index in [2.05, 4.69) is 47.5 Å². The molecule has 2 aliphatic heterocycles. The van der Waals surface area contributed by atoms with Gasteiger partial charge in [-0.15, -0.1) is 0 Å². The maximum absolute atomic E-state index is 14.7. The van der Waals surface area contributed by atoms with Crippen LogP contribution < -0.4 is 82.7 Å². The summed E-state index contributed by atoms with van der Waals surface area (Å²) < 4.78 is 0. The number of primary amides is 3. The van der Waals surface area contributed by atoms with Crippen LogP contribution in [0, 0.1) is 5.92 Å². The molecule has 2 aromatic rings. The van der Waals surface area contributed by atoms with Crippen LogP contribution in [0.1, 0.15) is 121 Å². The predicted octanol–water partition coefficient (Wildman–Crippen LogP) is -3.71. The van der Waals surface area contributed by atoms with Crippen molar-refractivity contribution < 1.29 is 62.3 Å². The molecular formula is C63H98N18O13S. The Morgan fingerprint density at radius 3 is 1.51 bits per heavy atom. The molecule has 0 spiro atoms. The minimum Gasteiger partial charge on any atom is -0.370 e. The normalized spacial score (nSPS) is 16.8. The molecule has 2 aliphatic rings. The third-order valence-electron chi connectivity index (χ3n) is 16.0. The van der Waals surface area contributed by atoms with Crippen LogP contribution in [0.25, 0.3) is 0 Å². The Kier molecular flexibility index (Phi) is 33.9. The van der Waals surface area contributed by atoms with Crippen molar-refractivity contribution in [3.05, 3.63) is 71.8 Å². The topological polar surface area (TPSA) is 519 Å². The number of benzene rings is 2. The lowest BCUT2D eigenvalue weighted by Crippen LogP contribution is -2.60. The zero-order valence-electron chi connectivity index (χ0n) is 54.5. The summed E-state index contributed by atoms with van der Waals surface area (Å²) in [5.41, 5.74) is 40.6. The van der Waals surface area contributed by atoms with E-state index in [9.17, 15) is 62.3 Å². The number of aliphatic imine (C=N–C) groups is 1. The Hall–Kier alpha value is -8.91. The molecule has 13 amide bonds. The lowest BCUT2D eigenvalue weighted by Gasteiger charge is -2.32.